The van der Waals surface area contributed by atoms with Gasteiger partial charge >= 0.3 is 0 Å². The average molecular weight is 524 g/mol. The Morgan fingerprint density at radius 2 is 1.74 bits per heavy atom. The molecule has 12 heteroatoms. The molecule has 8 nitrogen and oxygen atoms in total. The quantitative estimate of drug-likeness (QED) is 0.475. The fourth-order valence-electron chi connectivity index (χ4n) is 3.66. The monoisotopic (exact) mass is 523 g/mol. The number of amides is 1. The van der Waals surface area contributed by atoms with E-state index < -0.39 is 38.3 Å². The SMILES string of the molecule is CN(C)S(=O)(=O)c1ccc2c(c1)CCN2C(=O)CN(c1ccc(F)cc1)S(=O)(=O)c1cccs1. The van der Waals surface area contributed by atoms with E-state index >= 15 is 0 Å². The first-order chi connectivity index (χ1) is 16.0. The molecule has 0 aliphatic carbocycles. The summed E-state index contributed by atoms with van der Waals surface area (Å²) in [6, 6.07) is 12.5. The molecular weight excluding hydrogens is 501 g/mol. The van der Waals surface area contributed by atoms with Crippen molar-refractivity contribution < 1.29 is 26.0 Å². The topological polar surface area (TPSA) is 95.1 Å². The number of rotatable bonds is 7. The smallest absolute Gasteiger partial charge is 0.274 e. The second-order valence-corrected chi connectivity index (χ2v) is 13.0. The summed E-state index contributed by atoms with van der Waals surface area (Å²) in [7, 11) is -4.81. The van der Waals surface area contributed by atoms with Gasteiger partial charge in [0, 0.05) is 26.3 Å². The summed E-state index contributed by atoms with van der Waals surface area (Å²) < 4.78 is 67.1. The number of benzene rings is 2. The fraction of sp³-hybridized carbons (Fsp3) is 0.227. The first-order valence-electron chi connectivity index (χ1n) is 10.2. The van der Waals surface area contributed by atoms with Gasteiger partial charge < -0.3 is 4.90 Å². The molecule has 0 atom stereocenters. The van der Waals surface area contributed by atoms with Crippen LogP contribution < -0.4 is 9.21 Å². The van der Waals surface area contributed by atoms with E-state index in [1.165, 1.54) is 49.3 Å². The zero-order valence-electron chi connectivity index (χ0n) is 18.4. The maximum atomic E-state index is 13.5. The predicted octanol–water partition coefficient (Wildman–Crippen LogP) is 2.92. The van der Waals surface area contributed by atoms with E-state index in [1.807, 2.05) is 0 Å². The van der Waals surface area contributed by atoms with Crippen LogP contribution in [0.2, 0.25) is 0 Å². The van der Waals surface area contributed by atoms with Crippen LogP contribution >= 0.6 is 11.3 Å². The molecule has 0 fully saturated rings. The van der Waals surface area contributed by atoms with Crippen LogP contribution in [-0.2, 0) is 31.3 Å². The Balaban J connectivity index is 1.66. The standard InChI is InChI=1S/C22H22FN3O5S3/c1-24(2)33(28,29)19-9-10-20-16(14-19)11-12-25(20)21(27)15-26(18-7-5-17(23)6-8-18)34(30,31)22-4-3-13-32-22/h3-10,13-14H,11-12,15H2,1-2H3. The highest BCUT2D eigenvalue weighted by Gasteiger charge is 2.33. The van der Waals surface area contributed by atoms with Crippen molar-refractivity contribution in [1.29, 1.82) is 0 Å². The number of thiophene rings is 1. The minimum Gasteiger partial charge on any atom is -0.310 e. The van der Waals surface area contributed by atoms with Gasteiger partial charge in [-0.25, -0.2) is 25.5 Å². The van der Waals surface area contributed by atoms with Crippen molar-refractivity contribution in [3.8, 4) is 0 Å². The Morgan fingerprint density at radius 3 is 2.35 bits per heavy atom. The van der Waals surface area contributed by atoms with Gasteiger partial charge in [-0.05, 0) is 65.9 Å². The molecule has 0 saturated carbocycles. The van der Waals surface area contributed by atoms with E-state index in [0.717, 1.165) is 32.1 Å². The number of hydrogen-bond acceptors (Lipinski definition) is 6. The third kappa shape index (κ3) is 4.45. The van der Waals surface area contributed by atoms with Crippen molar-refractivity contribution in [2.75, 3.05) is 36.4 Å². The molecule has 1 aromatic heterocycles. The van der Waals surface area contributed by atoms with Crippen LogP contribution in [0.15, 0.2) is 69.1 Å². The van der Waals surface area contributed by atoms with E-state index in [-0.39, 0.29) is 21.3 Å². The van der Waals surface area contributed by atoms with Crippen LogP contribution in [0.25, 0.3) is 0 Å². The summed E-state index contributed by atoms with van der Waals surface area (Å²) >= 11 is 1.02. The van der Waals surface area contributed by atoms with Crippen molar-refractivity contribution in [2.45, 2.75) is 15.5 Å². The molecule has 3 aromatic rings. The van der Waals surface area contributed by atoms with Crippen LogP contribution in [-0.4, -0.2) is 54.2 Å². The zero-order valence-corrected chi connectivity index (χ0v) is 20.8. The molecule has 1 aliphatic rings. The Labute approximate surface area is 201 Å². The molecule has 2 aromatic carbocycles. The minimum absolute atomic E-state index is 0.0602. The van der Waals surface area contributed by atoms with Gasteiger partial charge in [0.15, 0.2) is 0 Å². The minimum atomic E-state index is -4.06. The molecule has 0 bridgehead atoms. The summed E-state index contributed by atoms with van der Waals surface area (Å²) in [4.78, 5) is 14.9. The second kappa shape index (κ2) is 9.10. The summed E-state index contributed by atoms with van der Waals surface area (Å²) in [5.41, 5.74) is 1.39. The first kappa shape index (κ1) is 24.3. The first-order valence-corrected chi connectivity index (χ1v) is 14.0. The molecule has 0 spiro atoms. The molecule has 180 valence electrons. The van der Waals surface area contributed by atoms with Crippen LogP contribution in [0.3, 0.4) is 0 Å². The number of nitrogens with zero attached hydrogens (tertiary/aromatic N) is 3. The lowest BCUT2D eigenvalue weighted by atomic mass is 10.2. The summed E-state index contributed by atoms with van der Waals surface area (Å²) in [6.45, 7) is -0.209. The molecule has 1 amide bonds. The number of hydrogen-bond donors (Lipinski definition) is 0. The summed E-state index contributed by atoms with van der Waals surface area (Å²) in [5, 5.41) is 1.62. The largest absolute Gasteiger partial charge is 0.310 e. The van der Waals surface area contributed by atoms with Gasteiger partial charge in [0.2, 0.25) is 15.9 Å². The summed E-state index contributed by atoms with van der Waals surface area (Å²) in [6.07, 6.45) is 0.437. The Hall–Kier alpha value is -2.80. The van der Waals surface area contributed by atoms with Gasteiger partial charge in [0.1, 0.15) is 16.6 Å². The Morgan fingerprint density at radius 1 is 1.03 bits per heavy atom. The molecule has 34 heavy (non-hydrogen) atoms. The third-order valence-corrected chi connectivity index (χ3v) is 10.4. The number of anilines is 2. The van der Waals surface area contributed by atoms with Gasteiger partial charge in [-0.1, -0.05) is 6.07 Å². The van der Waals surface area contributed by atoms with Crippen LogP contribution in [0.4, 0.5) is 15.8 Å². The maximum Gasteiger partial charge on any atom is 0.274 e. The van der Waals surface area contributed by atoms with E-state index in [4.69, 9.17) is 0 Å². The molecule has 0 radical (unpaired) electrons. The average Bonchev–Trinajstić information content (AvgIpc) is 3.48. The van der Waals surface area contributed by atoms with Gasteiger partial charge in [0.25, 0.3) is 10.0 Å². The molecule has 2 heterocycles. The maximum absolute atomic E-state index is 13.5. The van der Waals surface area contributed by atoms with Crippen molar-refractivity contribution in [1.82, 2.24) is 4.31 Å². The Kier molecular flexibility index (Phi) is 6.51. The third-order valence-electron chi connectivity index (χ3n) is 5.46. The van der Waals surface area contributed by atoms with Crippen LogP contribution in [0.5, 0.6) is 0 Å². The van der Waals surface area contributed by atoms with Crippen molar-refractivity contribution in [3.05, 3.63) is 71.4 Å². The van der Waals surface area contributed by atoms with Crippen LogP contribution in [0, 0.1) is 5.82 Å². The van der Waals surface area contributed by atoms with Gasteiger partial charge in [-0.15, -0.1) is 11.3 Å². The lowest BCUT2D eigenvalue weighted by molar-refractivity contribution is -0.117. The van der Waals surface area contributed by atoms with Crippen molar-refractivity contribution in [2.24, 2.45) is 0 Å². The van der Waals surface area contributed by atoms with E-state index in [2.05, 4.69) is 0 Å². The van der Waals surface area contributed by atoms with Crippen molar-refractivity contribution >= 4 is 48.7 Å². The number of halogens is 1. The van der Waals surface area contributed by atoms with Crippen LogP contribution in [0.1, 0.15) is 5.56 Å². The fourth-order valence-corrected chi connectivity index (χ4v) is 7.13. The second-order valence-electron chi connectivity index (χ2n) is 7.79. The van der Waals surface area contributed by atoms with Gasteiger partial charge in [0.05, 0.1) is 10.6 Å². The normalized spacial score (nSPS) is 13.8. The van der Waals surface area contributed by atoms with E-state index in [9.17, 15) is 26.0 Å². The molecule has 0 N–H and O–H groups in total. The molecular formula is C22H22FN3O5S3. The van der Waals surface area contributed by atoms with Gasteiger partial charge in [-0.2, -0.15) is 0 Å². The predicted molar refractivity (Wildman–Crippen MR) is 129 cm³/mol. The van der Waals surface area contributed by atoms with E-state index in [1.54, 1.807) is 17.5 Å². The molecule has 0 unspecified atom stereocenters. The number of sulfonamides is 2. The lowest BCUT2D eigenvalue weighted by Gasteiger charge is -2.26. The zero-order chi connectivity index (χ0) is 24.7. The number of carbonyl (C=O) groups is 1. The van der Waals surface area contributed by atoms with E-state index in [0.29, 0.717) is 17.7 Å². The number of carbonyl (C=O) groups excluding carboxylic acids is 1. The van der Waals surface area contributed by atoms with Gasteiger partial charge in [-0.3, -0.25) is 9.10 Å². The highest BCUT2D eigenvalue weighted by molar-refractivity contribution is 7.94. The highest BCUT2D eigenvalue weighted by Crippen LogP contribution is 2.32. The molecule has 0 saturated heterocycles. The summed E-state index contributed by atoms with van der Waals surface area (Å²) in [5.74, 6) is -1.01. The van der Waals surface area contributed by atoms with Crippen molar-refractivity contribution in [3.63, 3.8) is 0 Å². The molecule has 1 aliphatic heterocycles. The molecule has 4 rings (SSSR count). The highest BCUT2D eigenvalue weighted by atomic mass is 32.2. The lowest BCUT2D eigenvalue weighted by Crippen LogP contribution is -2.42. The Bertz CT molecular complexity index is 1420. The number of fused-ring (bicyclic) bond motifs is 1.